The van der Waals surface area contributed by atoms with E-state index in [2.05, 4.69) is 4.99 Å². The van der Waals surface area contributed by atoms with Crippen LogP contribution in [0.3, 0.4) is 0 Å². The highest BCUT2D eigenvalue weighted by molar-refractivity contribution is 5.79. The lowest BCUT2D eigenvalue weighted by atomic mass is 10.1. The third kappa shape index (κ3) is 0.817. The molecule has 1 heterocycles. The van der Waals surface area contributed by atoms with Crippen molar-refractivity contribution in [1.82, 2.24) is 0 Å². The number of halogens is 1. The highest BCUT2D eigenvalue weighted by atomic mass is 19.1. The fraction of sp³-hybridized carbons (Fsp3) is 0.125. The third-order valence-electron chi connectivity index (χ3n) is 1.52. The van der Waals surface area contributed by atoms with Crippen LogP contribution in [0.4, 0.5) is 4.39 Å². The average molecular weight is 135 g/mol. The molecule has 0 saturated carbocycles. The second-order valence-corrected chi connectivity index (χ2v) is 2.26. The second-order valence-electron chi connectivity index (χ2n) is 2.26. The minimum atomic E-state index is -0.162. The molecule has 1 aromatic carbocycles. The Bertz CT molecular complexity index is 274. The lowest BCUT2D eigenvalue weighted by Crippen LogP contribution is -1.86. The monoisotopic (exact) mass is 135 g/mol. The molecule has 0 N–H and O–H groups in total. The Morgan fingerprint density at radius 2 is 2.00 bits per heavy atom. The molecule has 50 valence electrons. The molecule has 1 aromatic rings. The van der Waals surface area contributed by atoms with E-state index in [4.69, 9.17) is 0 Å². The van der Waals surface area contributed by atoms with Crippen LogP contribution in [0.1, 0.15) is 11.6 Å². The lowest BCUT2D eigenvalue weighted by molar-refractivity contribution is 0.612. The van der Waals surface area contributed by atoms with Gasteiger partial charge in [0.05, 0.1) is 0 Å². The van der Waals surface area contributed by atoms with Gasteiger partial charge in [0, 0.05) is 11.8 Å². The fourth-order valence-corrected chi connectivity index (χ4v) is 0.919. The molecule has 2 rings (SSSR count). The van der Waals surface area contributed by atoms with Gasteiger partial charge in [-0.25, -0.2) is 4.39 Å². The summed E-state index contributed by atoms with van der Waals surface area (Å²) < 4.78 is 12.8. The molecule has 1 aliphatic rings. The molecule has 0 aromatic heterocycles. The van der Waals surface area contributed by atoms with Gasteiger partial charge in [-0.05, 0) is 6.07 Å². The summed E-state index contributed by atoms with van der Waals surface area (Å²) in [4.78, 5) is 3.87. The first-order valence-corrected chi connectivity index (χ1v) is 3.15. The Balaban J connectivity index is 2.39. The zero-order valence-electron chi connectivity index (χ0n) is 5.29. The van der Waals surface area contributed by atoms with E-state index in [9.17, 15) is 4.39 Å². The van der Waals surface area contributed by atoms with Crippen molar-refractivity contribution in [3.05, 3.63) is 35.6 Å². The van der Waals surface area contributed by atoms with E-state index in [0.717, 1.165) is 0 Å². The van der Waals surface area contributed by atoms with Crippen LogP contribution in [0.15, 0.2) is 29.3 Å². The largest absolute Gasteiger partial charge is 0.281 e. The lowest BCUT2D eigenvalue weighted by Gasteiger charge is -1.95. The van der Waals surface area contributed by atoms with Crippen molar-refractivity contribution < 1.29 is 4.39 Å². The van der Waals surface area contributed by atoms with Gasteiger partial charge in [0.15, 0.2) is 0 Å². The minimum absolute atomic E-state index is 0.0289. The van der Waals surface area contributed by atoms with E-state index in [0.29, 0.717) is 5.56 Å². The summed E-state index contributed by atoms with van der Waals surface area (Å²) in [7, 11) is 0. The van der Waals surface area contributed by atoms with Crippen LogP contribution in [0.2, 0.25) is 0 Å². The average Bonchev–Trinajstić information content (AvgIpc) is 2.71. The predicted octanol–water partition coefficient (Wildman–Crippen LogP) is 1.95. The van der Waals surface area contributed by atoms with E-state index in [-0.39, 0.29) is 11.9 Å². The third-order valence-corrected chi connectivity index (χ3v) is 1.52. The van der Waals surface area contributed by atoms with Crippen molar-refractivity contribution in [1.29, 1.82) is 0 Å². The molecule has 0 aliphatic carbocycles. The van der Waals surface area contributed by atoms with Crippen molar-refractivity contribution in [2.75, 3.05) is 0 Å². The minimum Gasteiger partial charge on any atom is -0.281 e. The number of hydrogen-bond donors (Lipinski definition) is 0. The maximum Gasteiger partial charge on any atom is 0.128 e. The summed E-state index contributed by atoms with van der Waals surface area (Å²) in [6, 6.07) is 6.74. The van der Waals surface area contributed by atoms with Crippen molar-refractivity contribution in [3.8, 4) is 0 Å². The number of hydrogen-bond acceptors (Lipinski definition) is 1. The zero-order chi connectivity index (χ0) is 6.97. The maximum atomic E-state index is 12.8. The van der Waals surface area contributed by atoms with Gasteiger partial charge in [-0.2, -0.15) is 0 Å². The van der Waals surface area contributed by atoms with E-state index in [1.165, 1.54) is 6.07 Å². The number of nitrogens with zero attached hydrogens (tertiary/aromatic N) is 1. The van der Waals surface area contributed by atoms with Gasteiger partial charge in [0.25, 0.3) is 0 Å². The second kappa shape index (κ2) is 1.90. The molecule has 0 spiro atoms. The first-order chi connectivity index (χ1) is 4.88. The van der Waals surface area contributed by atoms with Gasteiger partial charge in [-0.3, -0.25) is 4.99 Å². The Morgan fingerprint density at radius 1 is 1.30 bits per heavy atom. The van der Waals surface area contributed by atoms with Gasteiger partial charge >= 0.3 is 0 Å². The van der Waals surface area contributed by atoms with Gasteiger partial charge in [0.1, 0.15) is 11.9 Å². The number of aliphatic imine (C=N–C) groups is 1. The van der Waals surface area contributed by atoms with Crippen molar-refractivity contribution in [3.63, 3.8) is 0 Å². The van der Waals surface area contributed by atoms with Crippen molar-refractivity contribution in [2.45, 2.75) is 6.04 Å². The molecule has 0 bridgehead atoms. The molecule has 1 nitrogen and oxygen atoms in total. The van der Waals surface area contributed by atoms with Gasteiger partial charge < -0.3 is 0 Å². The summed E-state index contributed by atoms with van der Waals surface area (Å²) in [6.07, 6.45) is 1.73. The molecule has 1 atom stereocenters. The van der Waals surface area contributed by atoms with Crippen LogP contribution in [-0.4, -0.2) is 6.21 Å². The highest BCUT2D eigenvalue weighted by Crippen LogP contribution is 2.25. The topological polar surface area (TPSA) is 12.4 Å². The Morgan fingerprint density at radius 3 is 2.60 bits per heavy atom. The summed E-state index contributed by atoms with van der Waals surface area (Å²) in [6.45, 7) is 0. The Hall–Kier alpha value is -1.18. The molecule has 0 radical (unpaired) electrons. The van der Waals surface area contributed by atoms with Gasteiger partial charge in [-0.15, -0.1) is 0 Å². The molecule has 0 fully saturated rings. The van der Waals surface area contributed by atoms with Crippen LogP contribution in [-0.2, 0) is 0 Å². The summed E-state index contributed by atoms with van der Waals surface area (Å²) >= 11 is 0. The number of benzene rings is 1. The van der Waals surface area contributed by atoms with E-state index < -0.39 is 0 Å². The molecule has 10 heavy (non-hydrogen) atoms. The van der Waals surface area contributed by atoms with Crippen LogP contribution >= 0.6 is 0 Å². The standard InChI is InChI=1S/C8H6FN/c9-7-4-2-1-3-6(7)8-5-10-8/h1-5,8H. The first kappa shape index (κ1) is 5.59. The first-order valence-electron chi connectivity index (χ1n) is 3.15. The van der Waals surface area contributed by atoms with Crippen LogP contribution in [0.5, 0.6) is 0 Å². The normalized spacial score (nSPS) is 21.1. The molecule has 2 heteroatoms. The summed E-state index contributed by atoms with van der Waals surface area (Å²) in [5.74, 6) is -0.162. The molecular weight excluding hydrogens is 129 g/mol. The fourth-order valence-electron chi connectivity index (χ4n) is 0.919. The summed E-state index contributed by atoms with van der Waals surface area (Å²) in [5.41, 5.74) is 0.683. The number of rotatable bonds is 1. The van der Waals surface area contributed by atoms with Crippen LogP contribution < -0.4 is 0 Å². The molecule has 1 aliphatic heterocycles. The molecule has 1 unspecified atom stereocenters. The van der Waals surface area contributed by atoms with E-state index >= 15 is 0 Å². The zero-order valence-corrected chi connectivity index (χ0v) is 5.29. The predicted molar refractivity (Wildman–Crippen MR) is 37.6 cm³/mol. The van der Waals surface area contributed by atoms with Gasteiger partial charge in [0.2, 0.25) is 0 Å². The Labute approximate surface area is 58.2 Å². The molecular formula is C8H6FN. The van der Waals surface area contributed by atoms with Crippen molar-refractivity contribution in [2.24, 2.45) is 4.99 Å². The SMILES string of the molecule is Fc1ccccc1C1C=N1. The quantitative estimate of drug-likeness (QED) is 0.558. The smallest absolute Gasteiger partial charge is 0.128 e. The Kier molecular flexibility index (Phi) is 1.07. The maximum absolute atomic E-state index is 12.8. The highest BCUT2D eigenvalue weighted by Gasteiger charge is 2.18. The molecule has 0 saturated heterocycles. The van der Waals surface area contributed by atoms with Gasteiger partial charge in [-0.1, -0.05) is 18.2 Å². The van der Waals surface area contributed by atoms with Crippen LogP contribution in [0.25, 0.3) is 0 Å². The summed E-state index contributed by atoms with van der Waals surface area (Å²) in [5, 5.41) is 0. The van der Waals surface area contributed by atoms with E-state index in [1.54, 1.807) is 18.3 Å². The van der Waals surface area contributed by atoms with E-state index in [1.807, 2.05) is 6.07 Å². The molecule has 0 amide bonds. The van der Waals surface area contributed by atoms with Crippen molar-refractivity contribution >= 4 is 6.21 Å². The van der Waals surface area contributed by atoms with Crippen LogP contribution in [0, 0.1) is 5.82 Å².